The smallest absolute Gasteiger partial charge is 0.338 e. The molecule has 222 valence electrons. The lowest BCUT2D eigenvalue weighted by Gasteiger charge is -2.42. The van der Waals surface area contributed by atoms with E-state index in [1.165, 1.54) is 7.11 Å². The van der Waals surface area contributed by atoms with Crippen LogP contribution in [0.1, 0.15) is 40.5 Å². The van der Waals surface area contributed by atoms with E-state index in [0.29, 0.717) is 46.2 Å². The van der Waals surface area contributed by atoms with Crippen molar-refractivity contribution in [2.75, 3.05) is 19.0 Å². The highest BCUT2D eigenvalue weighted by Gasteiger charge is 2.85. The number of piperidine rings is 1. The van der Waals surface area contributed by atoms with Crippen molar-refractivity contribution in [3.63, 3.8) is 0 Å². The summed E-state index contributed by atoms with van der Waals surface area (Å²) in [6.07, 6.45) is 7.71. The van der Waals surface area contributed by atoms with E-state index in [9.17, 15) is 14.8 Å². The molecular weight excluding hydrogens is 587 g/mol. The van der Waals surface area contributed by atoms with E-state index in [0.717, 1.165) is 40.6 Å². The Labute approximate surface area is 259 Å². The second kappa shape index (κ2) is 9.17. The number of methoxy groups -OCH3 is 1. The third-order valence-corrected chi connectivity index (χ3v) is 11.7. The number of nitrogens with one attached hydrogen (secondary N) is 1. The molecule has 2 saturated heterocycles. The Hall–Kier alpha value is -3.17. The Morgan fingerprint density at radius 3 is 2.81 bits per heavy atom. The number of aryl methyl sites for hydroxylation is 2. The maximum atomic E-state index is 14.5. The normalized spacial score (nSPS) is 34.8. The van der Waals surface area contributed by atoms with Gasteiger partial charge in [0.1, 0.15) is 12.6 Å². The number of carbonyl (C=O) groups excluding carboxylic acids is 2. The SMILES string of the molecule is CCc1c2ccc(C(=O)OC)c(C)c2nn1C[C@H]1C(C2C=CC=C2Cl)[C@]2(C(=O)Nc3cc(Cl)ccc32)[N+]2(O)CC3CC3[C@@H]12. The predicted molar refractivity (Wildman–Crippen MR) is 163 cm³/mol. The first-order chi connectivity index (χ1) is 20.6. The van der Waals surface area contributed by atoms with Gasteiger partial charge in [-0.3, -0.25) is 9.48 Å². The van der Waals surface area contributed by atoms with Gasteiger partial charge < -0.3 is 10.1 Å². The Morgan fingerprint density at radius 1 is 1.28 bits per heavy atom. The van der Waals surface area contributed by atoms with Crippen molar-refractivity contribution in [2.24, 2.45) is 29.6 Å². The number of esters is 1. The molecule has 5 unspecified atom stereocenters. The van der Waals surface area contributed by atoms with Crippen LogP contribution in [-0.4, -0.2) is 51.2 Å². The number of halogens is 2. The quantitative estimate of drug-likeness (QED) is 0.271. The van der Waals surface area contributed by atoms with Gasteiger partial charge in [-0.2, -0.15) is 9.75 Å². The van der Waals surface area contributed by atoms with Crippen LogP contribution < -0.4 is 5.32 Å². The summed E-state index contributed by atoms with van der Waals surface area (Å²) in [7, 11) is 1.38. The van der Waals surface area contributed by atoms with Gasteiger partial charge in [-0.05, 0) is 55.7 Å². The Morgan fingerprint density at radius 2 is 2.09 bits per heavy atom. The Bertz CT molecular complexity index is 1820. The Kier molecular flexibility index (Phi) is 5.84. The minimum atomic E-state index is -1.25. The number of ether oxygens (including phenoxy) is 1. The molecule has 1 saturated carbocycles. The molecule has 5 aliphatic rings. The first kappa shape index (κ1) is 27.4. The summed E-state index contributed by atoms with van der Waals surface area (Å²) >= 11 is 13.3. The van der Waals surface area contributed by atoms with Crippen molar-refractivity contribution in [3.05, 3.63) is 81.0 Å². The fraction of sp³-hybridized carbons (Fsp3) is 0.424. The zero-order valence-corrected chi connectivity index (χ0v) is 25.7. The highest BCUT2D eigenvalue weighted by molar-refractivity contribution is 6.31. The maximum absolute atomic E-state index is 14.5. The predicted octanol–water partition coefficient (Wildman–Crippen LogP) is 5.97. The largest absolute Gasteiger partial charge is 0.465 e. The molecule has 3 aliphatic heterocycles. The second-order valence-electron chi connectivity index (χ2n) is 12.8. The van der Waals surface area contributed by atoms with E-state index in [-0.39, 0.29) is 34.3 Å². The molecule has 8 nitrogen and oxygen atoms in total. The molecule has 1 spiro atoms. The van der Waals surface area contributed by atoms with Gasteiger partial charge in [0.15, 0.2) is 0 Å². The standard InChI is InChI=1S/C33H32Cl2N4O4/c1-4-27-21-10-9-19(31(40)43-3)16(2)29(21)37-38(27)14-23-28(20-6-5-7-25(20)35)33(39(42)15-17-12-22(17)30(23)39)24-11-8-18(34)13-26(24)36-32(33)41/h5-11,13,17,20,22-23,28,30,42H,4,12,14-15H2,1-3H3/p+1/t17?,20?,22?,23-,28?,30-,33+,39?/m0/s1. The number of carbonyl (C=O) groups is 2. The lowest BCUT2D eigenvalue weighted by atomic mass is 9.68. The van der Waals surface area contributed by atoms with E-state index >= 15 is 0 Å². The van der Waals surface area contributed by atoms with Crippen molar-refractivity contribution < 1.29 is 24.2 Å². The molecule has 1 amide bonds. The molecule has 2 N–H and O–H groups in total. The first-order valence-electron chi connectivity index (χ1n) is 15.0. The summed E-state index contributed by atoms with van der Waals surface area (Å²) in [4.78, 5) is 26.9. The summed E-state index contributed by atoms with van der Waals surface area (Å²) in [5.41, 5.74) is 3.29. The number of hydrogen-bond donors (Lipinski definition) is 2. The average molecular weight is 621 g/mol. The van der Waals surface area contributed by atoms with Crippen LogP contribution in [0.5, 0.6) is 0 Å². The number of rotatable bonds is 5. The fourth-order valence-electron chi connectivity index (χ4n) is 9.44. The zero-order chi connectivity index (χ0) is 30.0. The molecule has 0 bridgehead atoms. The molecular formula is C33H33Cl2N4O4+. The van der Waals surface area contributed by atoms with Crippen molar-refractivity contribution in [1.82, 2.24) is 9.78 Å². The lowest BCUT2D eigenvalue weighted by molar-refractivity contribution is -1.14. The summed E-state index contributed by atoms with van der Waals surface area (Å²) in [5.74, 6) is -0.600. The third-order valence-electron chi connectivity index (χ3n) is 11.1. The number of hydroxylamine groups is 3. The van der Waals surface area contributed by atoms with Gasteiger partial charge in [0.05, 0.1) is 36.3 Å². The highest BCUT2D eigenvalue weighted by atomic mass is 35.5. The minimum Gasteiger partial charge on any atom is -0.465 e. The van der Waals surface area contributed by atoms with Crippen LogP contribution in [0, 0.1) is 36.5 Å². The number of nitrogens with zero attached hydrogens (tertiary/aromatic N) is 3. The molecule has 2 aliphatic carbocycles. The fourth-order valence-corrected chi connectivity index (χ4v) is 9.90. The van der Waals surface area contributed by atoms with Gasteiger partial charge in [-0.1, -0.05) is 48.3 Å². The second-order valence-corrected chi connectivity index (χ2v) is 13.7. The van der Waals surface area contributed by atoms with Crippen LogP contribution in [0.3, 0.4) is 0 Å². The van der Waals surface area contributed by atoms with Crippen LogP contribution >= 0.6 is 23.2 Å². The van der Waals surface area contributed by atoms with Gasteiger partial charge in [-0.15, -0.1) is 0 Å². The molecule has 4 heterocycles. The molecule has 10 heteroatoms. The average Bonchev–Trinajstić information content (AvgIpc) is 3.29. The molecule has 2 aromatic carbocycles. The first-order valence-corrected chi connectivity index (χ1v) is 15.7. The van der Waals surface area contributed by atoms with Crippen molar-refractivity contribution in [1.29, 1.82) is 0 Å². The van der Waals surface area contributed by atoms with Gasteiger partial charge in [0.2, 0.25) is 5.54 Å². The van der Waals surface area contributed by atoms with Crippen molar-refractivity contribution >= 4 is 51.7 Å². The highest BCUT2D eigenvalue weighted by Crippen LogP contribution is 2.71. The van der Waals surface area contributed by atoms with Crippen molar-refractivity contribution in [3.8, 4) is 0 Å². The number of allylic oxidation sites excluding steroid dienone is 4. The van der Waals surface area contributed by atoms with Gasteiger partial charge in [0.25, 0.3) is 5.91 Å². The topological polar surface area (TPSA) is 93.5 Å². The summed E-state index contributed by atoms with van der Waals surface area (Å²) in [6.45, 7) is 5.04. The molecule has 0 radical (unpaired) electrons. The van der Waals surface area contributed by atoms with E-state index in [4.69, 9.17) is 33.0 Å². The monoisotopic (exact) mass is 619 g/mol. The minimum absolute atomic E-state index is 0.121. The van der Waals surface area contributed by atoms with Crippen LogP contribution in [0.4, 0.5) is 5.69 Å². The third kappa shape index (κ3) is 3.38. The lowest BCUT2D eigenvalue weighted by Crippen LogP contribution is -2.64. The van der Waals surface area contributed by atoms with Gasteiger partial charge in [-0.25, -0.2) is 10.0 Å². The molecule has 1 aromatic heterocycles. The molecule has 8 rings (SSSR count). The number of benzene rings is 2. The van der Waals surface area contributed by atoms with Gasteiger partial charge >= 0.3 is 5.97 Å². The number of fused-ring (bicyclic) bond motifs is 7. The number of anilines is 1. The molecule has 3 fully saturated rings. The van der Waals surface area contributed by atoms with E-state index in [1.807, 2.05) is 43.3 Å². The molecule has 43 heavy (non-hydrogen) atoms. The van der Waals surface area contributed by atoms with Crippen LogP contribution in [-0.2, 0) is 28.0 Å². The van der Waals surface area contributed by atoms with E-state index in [1.54, 1.807) is 6.07 Å². The number of hydrogen-bond acceptors (Lipinski definition) is 5. The van der Waals surface area contributed by atoms with Crippen molar-refractivity contribution in [2.45, 2.75) is 44.8 Å². The summed E-state index contributed by atoms with van der Waals surface area (Å²) in [6, 6.07) is 9.10. The zero-order valence-electron chi connectivity index (χ0n) is 24.2. The van der Waals surface area contributed by atoms with Crippen LogP contribution in [0.15, 0.2) is 53.6 Å². The van der Waals surface area contributed by atoms with Crippen LogP contribution in [0.2, 0.25) is 5.02 Å². The Balaban J connectivity index is 1.34. The van der Waals surface area contributed by atoms with E-state index in [2.05, 4.69) is 23.0 Å². The molecule has 8 atom stereocenters. The number of aromatic nitrogens is 2. The molecule has 3 aromatic rings. The van der Waals surface area contributed by atoms with E-state index < -0.39 is 11.5 Å². The number of amides is 1. The summed E-state index contributed by atoms with van der Waals surface area (Å²) < 4.78 is 6.76. The summed E-state index contributed by atoms with van der Waals surface area (Å²) in [5, 5.41) is 23.4. The maximum Gasteiger partial charge on any atom is 0.338 e. The van der Waals surface area contributed by atoms with Crippen LogP contribution in [0.25, 0.3) is 10.9 Å². The van der Waals surface area contributed by atoms with Gasteiger partial charge in [0, 0.05) is 50.4 Å². The number of quaternary nitrogens is 1.